The van der Waals surface area contributed by atoms with Crippen LogP contribution in [-0.2, 0) is 18.9 Å². The number of rotatable bonds is 8. The number of unbranched alkanes of at least 4 members (excludes halogenated alkanes) is 1. The SMILES string of the molecule is CCCCOC1[C@H]2OC[C@@]1(COC(=O)c1ccccc1)O[C@H]2n1cnc2c(=O)[nH]c(N)nc21. The molecule has 174 valence electrons. The van der Waals surface area contributed by atoms with Crippen molar-refractivity contribution < 1.29 is 23.7 Å². The highest BCUT2D eigenvalue weighted by Crippen LogP contribution is 2.47. The Hall–Kier alpha value is -3.28. The third-order valence-corrected chi connectivity index (χ3v) is 5.95. The van der Waals surface area contributed by atoms with Gasteiger partial charge < -0.3 is 24.7 Å². The van der Waals surface area contributed by atoms with E-state index in [1.165, 1.54) is 6.33 Å². The first-order chi connectivity index (χ1) is 16.0. The molecule has 3 aromatic rings. The Morgan fingerprint density at radius 3 is 2.97 bits per heavy atom. The van der Waals surface area contributed by atoms with E-state index in [4.69, 9.17) is 24.7 Å². The number of carbonyl (C=O) groups excluding carboxylic acids is 1. The Morgan fingerprint density at radius 2 is 2.18 bits per heavy atom. The van der Waals surface area contributed by atoms with E-state index in [0.717, 1.165) is 12.8 Å². The molecule has 2 aliphatic rings. The third kappa shape index (κ3) is 3.77. The average Bonchev–Trinajstić information content (AvgIpc) is 3.48. The number of fused-ring (bicyclic) bond motifs is 3. The normalized spacial score (nSPS) is 26.2. The number of H-pyrrole nitrogens is 1. The van der Waals surface area contributed by atoms with Crippen molar-refractivity contribution >= 4 is 23.1 Å². The minimum atomic E-state index is -1.00. The van der Waals surface area contributed by atoms with E-state index in [9.17, 15) is 9.59 Å². The molecule has 0 aliphatic carbocycles. The maximum Gasteiger partial charge on any atom is 0.338 e. The standard InChI is InChI=1S/C22H25N5O6/c1-2-3-9-30-16-15-19(27-12-24-14-17(27)25-21(23)26-18(14)28)33-22(16,10-31-15)11-32-20(29)13-7-5-4-6-8-13/h4-8,12,15-16,19H,2-3,9-11H2,1H3,(H3,23,25,26,28)/t15-,16?,19-,22+/m1/s1. The van der Waals surface area contributed by atoms with E-state index >= 15 is 0 Å². The number of aromatic nitrogens is 4. The van der Waals surface area contributed by atoms with Crippen molar-refractivity contribution in [3.8, 4) is 0 Å². The highest BCUT2D eigenvalue weighted by atomic mass is 16.7. The lowest BCUT2D eigenvalue weighted by molar-refractivity contribution is -0.187. The number of aromatic amines is 1. The maximum absolute atomic E-state index is 12.6. The van der Waals surface area contributed by atoms with Gasteiger partial charge in [0.05, 0.1) is 18.5 Å². The Bertz CT molecular complexity index is 1210. The van der Waals surface area contributed by atoms with Gasteiger partial charge in [-0.15, -0.1) is 0 Å². The summed E-state index contributed by atoms with van der Waals surface area (Å²) in [5, 5.41) is 0. The summed E-state index contributed by atoms with van der Waals surface area (Å²) in [6.45, 7) is 2.75. The number of imidazole rings is 1. The van der Waals surface area contributed by atoms with Crippen molar-refractivity contribution in [1.82, 2.24) is 19.5 Å². The molecule has 2 fully saturated rings. The summed E-state index contributed by atoms with van der Waals surface area (Å²) in [5.41, 5.74) is 5.16. The molecule has 0 spiro atoms. The molecule has 4 atom stereocenters. The van der Waals surface area contributed by atoms with Crippen LogP contribution in [0.2, 0.25) is 0 Å². The van der Waals surface area contributed by atoms with Crippen molar-refractivity contribution in [3.63, 3.8) is 0 Å². The summed E-state index contributed by atoms with van der Waals surface area (Å²) in [5.74, 6) is -0.484. The Morgan fingerprint density at radius 1 is 1.36 bits per heavy atom. The number of nitrogens with one attached hydrogen (secondary N) is 1. The number of nitrogens with two attached hydrogens (primary N) is 1. The molecule has 4 heterocycles. The number of benzene rings is 1. The fourth-order valence-electron chi connectivity index (χ4n) is 4.30. The lowest BCUT2D eigenvalue weighted by atomic mass is 10.00. The van der Waals surface area contributed by atoms with E-state index in [1.807, 2.05) is 6.07 Å². The molecule has 2 saturated heterocycles. The molecule has 2 aromatic heterocycles. The molecule has 33 heavy (non-hydrogen) atoms. The molecule has 5 rings (SSSR count). The minimum Gasteiger partial charge on any atom is -0.459 e. The second-order valence-electron chi connectivity index (χ2n) is 8.21. The number of nitrogens with zero attached hydrogens (tertiary/aromatic N) is 3. The van der Waals surface area contributed by atoms with E-state index in [1.54, 1.807) is 28.8 Å². The number of esters is 1. The van der Waals surface area contributed by atoms with Crippen molar-refractivity contribution in [2.45, 2.75) is 43.8 Å². The van der Waals surface area contributed by atoms with E-state index in [0.29, 0.717) is 12.2 Å². The number of anilines is 1. The van der Waals surface area contributed by atoms with Crippen LogP contribution < -0.4 is 11.3 Å². The monoisotopic (exact) mass is 455 g/mol. The van der Waals surface area contributed by atoms with Crippen LogP contribution in [0.4, 0.5) is 5.95 Å². The van der Waals surface area contributed by atoms with Gasteiger partial charge in [0.2, 0.25) is 5.95 Å². The van der Waals surface area contributed by atoms with Gasteiger partial charge in [-0.25, -0.2) is 9.78 Å². The molecule has 11 heteroatoms. The first-order valence-corrected chi connectivity index (χ1v) is 10.9. The van der Waals surface area contributed by atoms with Crippen LogP contribution in [0.25, 0.3) is 11.2 Å². The Labute approximate surface area is 188 Å². The van der Waals surface area contributed by atoms with Gasteiger partial charge in [0, 0.05) is 6.61 Å². The number of nitrogen functional groups attached to an aromatic ring is 1. The van der Waals surface area contributed by atoms with Gasteiger partial charge in [-0.3, -0.25) is 14.3 Å². The zero-order valence-corrected chi connectivity index (χ0v) is 18.1. The minimum absolute atomic E-state index is 0.0272. The lowest BCUT2D eigenvalue weighted by Crippen LogP contribution is -2.47. The summed E-state index contributed by atoms with van der Waals surface area (Å²) in [4.78, 5) is 35.6. The van der Waals surface area contributed by atoms with Crippen molar-refractivity contribution in [2.75, 3.05) is 25.6 Å². The molecule has 0 saturated carbocycles. The fraction of sp³-hybridized carbons (Fsp3) is 0.455. The maximum atomic E-state index is 12.6. The highest BCUT2D eigenvalue weighted by Gasteiger charge is 2.64. The third-order valence-electron chi connectivity index (χ3n) is 5.95. The number of carbonyl (C=O) groups is 1. The first-order valence-electron chi connectivity index (χ1n) is 10.9. The first kappa shape index (κ1) is 21.6. The number of ether oxygens (including phenoxy) is 4. The van der Waals surface area contributed by atoms with Crippen LogP contribution in [0.15, 0.2) is 41.5 Å². The molecule has 2 bridgehead atoms. The summed E-state index contributed by atoms with van der Waals surface area (Å²) >= 11 is 0. The van der Waals surface area contributed by atoms with Crippen LogP contribution in [0.5, 0.6) is 0 Å². The number of hydrogen-bond donors (Lipinski definition) is 2. The van der Waals surface area contributed by atoms with Gasteiger partial charge >= 0.3 is 5.97 Å². The zero-order chi connectivity index (χ0) is 23.0. The Kier molecular flexibility index (Phi) is 5.60. The van der Waals surface area contributed by atoms with Crippen molar-refractivity contribution in [1.29, 1.82) is 0 Å². The molecule has 0 amide bonds. The van der Waals surface area contributed by atoms with E-state index in [-0.39, 0.29) is 30.3 Å². The van der Waals surface area contributed by atoms with Crippen LogP contribution in [0.1, 0.15) is 36.4 Å². The van der Waals surface area contributed by atoms with Gasteiger partial charge in [-0.2, -0.15) is 4.98 Å². The molecule has 3 N–H and O–H groups in total. The molecular weight excluding hydrogens is 430 g/mol. The molecule has 0 radical (unpaired) electrons. The zero-order valence-electron chi connectivity index (χ0n) is 18.1. The molecular formula is C22H25N5O6. The van der Waals surface area contributed by atoms with Crippen LogP contribution >= 0.6 is 0 Å². The van der Waals surface area contributed by atoms with Crippen LogP contribution in [-0.4, -0.2) is 63.1 Å². The molecule has 1 aromatic carbocycles. The summed E-state index contributed by atoms with van der Waals surface area (Å²) in [6, 6.07) is 8.74. The summed E-state index contributed by atoms with van der Waals surface area (Å²) in [6.07, 6.45) is 1.64. The van der Waals surface area contributed by atoms with Gasteiger partial charge in [-0.05, 0) is 18.6 Å². The van der Waals surface area contributed by atoms with Crippen LogP contribution in [0.3, 0.4) is 0 Å². The smallest absolute Gasteiger partial charge is 0.338 e. The quantitative estimate of drug-likeness (QED) is 0.380. The summed E-state index contributed by atoms with van der Waals surface area (Å²) in [7, 11) is 0. The molecule has 11 nitrogen and oxygen atoms in total. The predicted molar refractivity (Wildman–Crippen MR) is 117 cm³/mol. The topological polar surface area (TPSA) is 144 Å². The predicted octanol–water partition coefficient (Wildman–Crippen LogP) is 1.41. The average molecular weight is 455 g/mol. The summed E-state index contributed by atoms with van der Waals surface area (Å²) < 4.78 is 25.9. The highest BCUT2D eigenvalue weighted by molar-refractivity contribution is 5.89. The fourth-order valence-corrected chi connectivity index (χ4v) is 4.30. The number of hydrogen-bond acceptors (Lipinski definition) is 9. The van der Waals surface area contributed by atoms with Gasteiger partial charge in [0.25, 0.3) is 5.56 Å². The van der Waals surface area contributed by atoms with Gasteiger partial charge in [0.15, 0.2) is 23.0 Å². The second-order valence-corrected chi connectivity index (χ2v) is 8.21. The largest absolute Gasteiger partial charge is 0.459 e. The van der Waals surface area contributed by atoms with Crippen LogP contribution in [0, 0.1) is 0 Å². The Balaban J connectivity index is 1.43. The van der Waals surface area contributed by atoms with Crippen molar-refractivity contribution in [3.05, 3.63) is 52.6 Å². The molecule has 1 unspecified atom stereocenters. The lowest BCUT2D eigenvalue weighted by Gasteiger charge is -2.31. The van der Waals surface area contributed by atoms with E-state index in [2.05, 4.69) is 21.9 Å². The van der Waals surface area contributed by atoms with Gasteiger partial charge in [0.1, 0.15) is 18.8 Å². The molecule has 2 aliphatic heterocycles. The van der Waals surface area contributed by atoms with E-state index < -0.39 is 35.6 Å². The van der Waals surface area contributed by atoms with Crippen molar-refractivity contribution in [2.24, 2.45) is 0 Å². The second kappa shape index (κ2) is 8.58. The van der Waals surface area contributed by atoms with Gasteiger partial charge in [-0.1, -0.05) is 31.5 Å².